The summed E-state index contributed by atoms with van der Waals surface area (Å²) in [5.41, 5.74) is 1.38. The Hall–Kier alpha value is -0.603. The lowest BCUT2D eigenvalue weighted by Gasteiger charge is -2.28. The molecule has 0 amide bonds. The predicted octanol–water partition coefficient (Wildman–Crippen LogP) is 3.40. The summed E-state index contributed by atoms with van der Waals surface area (Å²) in [6.45, 7) is 11.0. The summed E-state index contributed by atoms with van der Waals surface area (Å²) in [6, 6.07) is 10.7. The van der Waals surface area contributed by atoms with E-state index in [1.165, 1.54) is 17.3 Å². The summed E-state index contributed by atoms with van der Waals surface area (Å²) in [4.78, 5) is 1.56. The highest BCUT2D eigenvalue weighted by atomic mass is 32.2. The van der Waals surface area contributed by atoms with Gasteiger partial charge in [0.2, 0.25) is 0 Å². The molecule has 0 saturated heterocycles. The highest BCUT2D eigenvalue weighted by Gasteiger charge is 2.27. The second-order valence-electron chi connectivity index (χ2n) is 4.28. The van der Waals surface area contributed by atoms with Gasteiger partial charge in [-0.25, -0.2) is 0 Å². The van der Waals surface area contributed by atoms with Crippen LogP contribution >= 0.6 is 0 Å². The van der Waals surface area contributed by atoms with Crippen molar-refractivity contribution < 1.29 is 0 Å². The van der Waals surface area contributed by atoms with E-state index in [1.807, 2.05) is 5.41 Å². The van der Waals surface area contributed by atoms with E-state index < -0.39 is 8.07 Å². The minimum atomic E-state index is -1.22. The molecule has 0 nitrogen and oxygen atoms in total. The number of hydrogen-bond donors (Lipinski definition) is 0. The van der Waals surface area contributed by atoms with Crippen molar-refractivity contribution in [3.05, 3.63) is 52.8 Å². The SMILES string of the molecule is C=C[SH+][C-](c1ccccc1)[Si](C)(C)C. The molecule has 76 valence electrons. The Morgan fingerprint density at radius 1 is 1.21 bits per heavy atom. The maximum absolute atomic E-state index is 3.83. The number of rotatable bonds is 4. The van der Waals surface area contributed by atoms with Crippen molar-refractivity contribution in [3.8, 4) is 0 Å². The van der Waals surface area contributed by atoms with Crippen LogP contribution in [0.15, 0.2) is 42.3 Å². The van der Waals surface area contributed by atoms with E-state index in [4.69, 9.17) is 0 Å². The molecule has 0 fully saturated rings. The van der Waals surface area contributed by atoms with Crippen LogP contribution in [0.2, 0.25) is 19.6 Å². The minimum Gasteiger partial charge on any atom is -0.159 e. The highest BCUT2D eigenvalue weighted by Crippen LogP contribution is 2.27. The predicted molar refractivity (Wildman–Crippen MR) is 71.1 cm³/mol. The normalized spacial score (nSPS) is 11.1. The maximum atomic E-state index is 3.83. The first-order valence-electron chi connectivity index (χ1n) is 4.80. The molecule has 0 aromatic heterocycles. The average Bonchev–Trinajstić information content (AvgIpc) is 2.14. The van der Waals surface area contributed by atoms with Crippen LogP contribution in [0, 0.1) is 4.87 Å². The summed E-state index contributed by atoms with van der Waals surface area (Å²) in [7, 11) is -1.22. The quantitative estimate of drug-likeness (QED) is 0.317. The first-order chi connectivity index (χ1) is 6.55. The largest absolute Gasteiger partial charge is 0.159 e. The second-order valence-corrected chi connectivity index (χ2v) is 10.8. The molecule has 0 spiro atoms. The molecule has 0 aliphatic rings. The van der Waals surface area contributed by atoms with E-state index in [2.05, 4.69) is 56.6 Å². The maximum Gasteiger partial charge on any atom is 0.103 e. The zero-order valence-corrected chi connectivity index (χ0v) is 11.0. The summed E-state index contributed by atoms with van der Waals surface area (Å²) in [6.07, 6.45) is 0. The molecule has 1 aromatic carbocycles. The first-order valence-corrected chi connectivity index (χ1v) is 9.26. The Kier molecular flexibility index (Phi) is 3.90. The fourth-order valence-corrected chi connectivity index (χ4v) is 4.72. The van der Waals surface area contributed by atoms with Crippen LogP contribution in [0.3, 0.4) is 0 Å². The summed E-state index contributed by atoms with van der Waals surface area (Å²) in [5, 5.41) is 1.99. The van der Waals surface area contributed by atoms with Crippen LogP contribution in [0.4, 0.5) is 0 Å². The van der Waals surface area contributed by atoms with Gasteiger partial charge < -0.3 is 0 Å². The van der Waals surface area contributed by atoms with Crippen molar-refractivity contribution in [2.75, 3.05) is 0 Å². The Balaban J connectivity index is 2.95. The lowest BCUT2D eigenvalue weighted by atomic mass is 10.2. The molecule has 2 heteroatoms. The Morgan fingerprint density at radius 3 is 2.21 bits per heavy atom. The van der Waals surface area contributed by atoms with Gasteiger partial charge in [-0.15, -0.1) is 17.7 Å². The number of thiol groups is 1. The van der Waals surface area contributed by atoms with Crippen molar-refractivity contribution in [2.45, 2.75) is 19.6 Å². The van der Waals surface area contributed by atoms with Gasteiger partial charge in [-0.2, -0.15) is 12.1 Å². The fourth-order valence-electron chi connectivity index (χ4n) is 1.39. The van der Waals surface area contributed by atoms with Crippen LogP contribution in [0.1, 0.15) is 5.56 Å². The molecule has 0 saturated carbocycles. The lowest BCUT2D eigenvalue weighted by Crippen LogP contribution is -2.32. The Bertz CT molecular complexity index is 287. The summed E-state index contributed by atoms with van der Waals surface area (Å²) >= 11 is 1.28. The minimum absolute atomic E-state index is 1.22. The molecule has 0 N–H and O–H groups in total. The third-order valence-electron chi connectivity index (χ3n) is 1.98. The molecule has 1 aromatic rings. The van der Waals surface area contributed by atoms with Crippen molar-refractivity contribution in [1.82, 2.24) is 0 Å². The molecule has 0 bridgehead atoms. The summed E-state index contributed by atoms with van der Waals surface area (Å²) < 4.78 is 0. The topological polar surface area (TPSA) is 0 Å². The standard InChI is InChI=1S/C12H18SSi/c1-5-13-12(14(2,3)4)11-9-7-6-8-10-11/h5-10,13H,1H2,2-4H3. The lowest BCUT2D eigenvalue weighted by molar-refractivity contribution is 1.49. The number of hydrogen-bond acceptors (Lipinski definition) is 0. The van der Waals surface area contributed by atoms with Gasteiger partial charge in [-0.05, 0) is 11.8 Å². The van der Waals surface area contributed by atoms with E-state index in [9.17, 15) is 0 Å². The number of benzene rings is 1. The van der Waals surface area contributed by atoms with Gasteiger partial charge in [0.25, 0.3) is 0 Å². The van der Waals surface area contributed by atoms with Crippen LogP contribution in [-0.2, 0) is 11.8 Å². The van der Waals surface area contributed by atoms with Gasteiger partial charge in [-0.1, -0.05) is 32.3 Å². The third kappa shape index (κ3) is 2.96. The van der Waals surface area contributed by atoms with Crippen molar-refractivity contribution >= 4 is 19.8 Å². The molecule has 0 aliphatic carbocycles. The smallest absolute Gasteiger partial charge is 0.103 e. The van der Waals surface area contributed by atoms with Crippen molar-refractivity contribution in [2.24, 2.45) is 0 Å². The molecule has 0 aliphatic heterocycles. The second kappa shape index (κ2) is 4.76. The van der Waals surface area contributed by atoms with Crippen LogP contribution in [-0.4, -0.2) is 8.07 Å². The monoisotopic (exact) mass is 222 g/mol. The van der Waals surface area contributed by atoms with Gasteiger partial charge in [-0.3, -0.25) is 0 Å². The molecule has 0 atom stereocenters. The van der Waals surface area contributed by atoms with Gasteiger partial charge in [0.1, 0.15) is 5.41 Å². The van der Waals surface area contributed by atoms with E-state index in [-0.39, 0.29) is 0 Å². The van der Waals surface area contributed by atoms with E-state index in [0.717, 1.165) is 0 Å². The first kappa shape index (κ1) is 11.5. The molecule has 14 heavy (non-hydrogen) atoms. The molecular weight excluding hydrogens is 204 g/mol. The van der Waals surface area contributed by atoms with Crippen molar-refractivity contribution in [3.63, 3.8) is 0 Å². The molecule has 0 unspecified atom stereocenters. The Morgan fingerprint density at radius 2 is 1.79 bits per heavy atom. The summed E-state index contributed by atoms with van der Waals surface area (Å²) in [5.74, 6) is 0. The average molecular weight is 222 g/mol. The zero-order valence-electron chi connectivity index (χ0n) is 9.12. The van der Waals surface area contributed by atoms with E-state index in [0.29, 0.717) is 0 Å². The van der Waals surface area contributed by atoms with Crippen molar-refractivity contribution in [1.29, 1.82) is 0 Å². The van der Waals surface area contributed by atoms with Crippen LogP contribution in [0.25, 0.3) is 0 Å². The zero-order chi connectivity index (χ0) is 10.6. The molecule has 1 rings (SSSR count). The van der Waals surface area contributed by atoms with E-state index >= 15 is 0 Å². The third-order valence-corrected chi connectivity index (χ3v) is 6.79. The van der Waals surface area contributed by atoms with Gasteiger partial charge >= 0.3 is 0 Å². The van der Waals surface area contributed by atoms with E-state index in [1.54, 1.807) is 4.87 Å². The van der Waals surface area contributed by atoms with Crippen LogP contribution in [0.5, 0.6) is 0 Å². The molecule has 0 radical (unpaired) electrons. The molecule has 0 heterocycles. The van der Waals surface area contributed by atoms with Gasteiger partial charge in [0, 0.05) is 4.87 Å². The Labute approximate surface area is 92.4 Å². The van der Waals surface area contributed by atoms with Gasteiger partial charge in [0.15, 0.2) is 0 Å². The van der Waals surface area contributed by atoms with Crippen LogP contribution < -0.4 is 0 Å². The molecular formula is C12H18SSi. The fraction of sp³-hybridized carbons (Fsp3) is 0.250. The van der Waals surface area contributed by atoms with Gasteiger partial charge in [0.05, 0.1) is 8.07 Å². The highest BCUT2D eigenvalue weighted by molar-refractivity contribution is 7.87.